The van der Waals surface area contributed by atoms with Gasteiger partial charge in [0, 0.05) is 12.5 Å². The van der Waals surface area contributed by atoms with Crippen molar-refractivity contribution in [3.63, 3.8) is 0 Å². The van der Waals surface area contributed by atoms with Crippen LogP contribution in [0.1, 0.15) is 24.4 Å². The first kappa shape index (κ1) is 10.7. The fourth-order valence-electron chi connectivity index (χ4n) is 1.18. The molecule has 0 amide bonds. The van der Waals surface area contributed by atoms with Crippen molar-refractivity contribution < 1.29 is 14.3 Å². The molecule has 0 aliphatic rings. The Kier molecular flexibility index (Phi) is 3.59. The van der Waals surface area contributed by atoms with Crippen LogP contribution in [0.5, 0.6) is 0 Å². The Labute approximate surface area is 81.4 Å². The summed E-state index contributed by atoms with van der Waals surface area (Å²) in [5.74, 6) is -1.25. The molecule has 3 nitrogen and oxygen atoms in total. The van der Waals surface area contributed by atoms with Gasteiger partial charge in [0.1, 0.15) is 5.82 Å². The summed E-state index contributed by atoms with van der Waals surface area (Å²) < 4.78 is 12.8. The van der Waals surface area contributed by atoms with Crippen molar-refractivity contribution >= 4 is 5.97 Å². The molecule has 14 heavy (non-hydrogen) atoms. The van der Waals surface area contributed by atoms with Gasteiger partial charge in [0.05, 0.1) is 0 Å². The molecular weight excluding hydrogens is 185 g/mol. The molecule has 1 rings (SSSR count). The molecule has 0 aliphatic carbocycles. The number of hydrogen-bond donors (Lipinski definition) is 2. The van der Waals surface area contributed by atoms with Crippen molar-refractivity contribution in [3.05, 3.63) is 35.6 Å². The van der Waals surface area contributed by atoms with Gasteiger partial charge in [-0.15, -0.1) is 0 Å². The van der Waals surface area contributed by atoms with Gasteiger partial charge in [-0.2, -0.15) is 0 Å². The molecule has 76 valence electrons. The summed E-state index contributed by atoms with van der Waals surface area (Å²) in [6.45, 7) is 0. The van der Waals surface area contributed by atoms with Gasteiger partial charge in [0.25, 0.3) is 0 Å². The minimum atomic E-state index is -0.892. The van der Waals surface area contributed by atoms with Gasteiger partial charge in [0.2, 0.25) is 0 Å². The van der Waals surface area contributed by atoms with E-state index >= 15 is 0 Å². The maximum Gasteiger partial charge on any atom is 0.303 e. The van der Waals surface area contributed by atoms with Crippen molar-refractivity contribution in [1.82, 2.24) is 0 Å². The normalized spacial score (nSPS) is 12.4. The number of benzene rings is 1. The SMILES string of the molecule is N[C@H](CCC(=O)O)c1cccc(F)c1. The van der Waals surface area contributed by atoms with Crippen LogP contribution in [-0.4, -0.2) is 11.1 Å². The van der Waals surface area contributed by atoms with Gasteiger partial charge in [-0.25, -0.2) is 4.39 Å². The second-order valence-electron chi connectivity index (χ2n) is 3.09. The zero-order chi connectivity index (χ0) is 10.6. The lowest BCUT2D eigenvalue weighted by atomic mass is 10.0. The number of carbonyl (C=O) groups is 1. The molecule has 1 aromatic carbocycles. The predicted molar refractivity (Wildman–Crippen MR) is 50.2 cm³/mol. The lowest BCUT2D eigenvalue weighted by molar-refractivity contribution is -0.137. The highest BCUT2D eigenvalue weighted by Gasteiger charge is 2.08. The molecule has 0 saturated heterocycles. The third-order valence-corrected chi connectivity index (χ3v) is 1.95. The fraction of sp³-hybridized carbons (Fsp3) is 0.300. The van der Waals surface area contributed by atoms with Gasteiger partial charge in [-0.05, 0) is 24.1 Å². The zero-order valence-electron chi connectivity index (χ0n) is 7.61. The molecule has 4 heteroatoms. The smallest absolute Gasteiger partial charge is 0.303 e. The van der Waals surface area contributed by atoms with Crippen LogP contribution in [0.3, 0.4) is 0 Å². The third kappa shape index (κ3) is 3.14. The molecule has 3 N–H and O–H groups in total. The maximum atomic E-state index is 12.8. The molecule has 0 bridgehead atoms. The molecule has 1 aromatic rings. The van der Waals surface area contributed by atoms with E-state index in [0.29, 0.717) is 12.0 Å². The number of aliphatic carboxylic acids is 1. The van der Waals surface area contributed by atoms with E-state index in [-0.39, 0.29) is 12.2 Å². The van der Waals surface area contributed by atoms with E-state index in [1.54, 1.807) is 12.1 Å². The summed E-state index contributed by atoms with van der Waals surface area (Å²) >= 11 is 0. The lowest BCUT2D eigenvalue weighted by Gasteiger charge is -2.10. The molecule has 0 fully saturated rings. The van der Waals surface area contributed by atoms with E-state index in [0.717, 1.165) is 0 Å². The van der Waals surface area contributed by atoms with Crippen LogP contribution in [0.15, 0.2) is 24.3 Å². The number of halogens is 1. The molecular formula is C10H12FNO2. The highest BCUT2D eigenvalue weighted by Crippen LogP contribution is 2.16. The van der Waals surface area contributed by atoms with Crippen molar-refractivity contribution in [2.75, 3.05) is 0 Å². The Morgan fingerprint density at radius 3 is 2.86 bits per heavy atom. The zero-order valence-corrected chi connectivity index (χ0v) is 7.61. The van der Waals surface area contributed by atoms with Crippen LogP contribution in [0.4, 0.5) is 4.39 Å². The van der Waals surface area contributed by atoms with Crippen LogP contribution in [-0.2, 0) is 4.79 Å². The summed E-state index contributed by atoms with van der Waals surface area (Å²) in [7, 11) is 0. The van der Waals surface area contributed by atoms with Crippen molar-refractivity contribution in [3.8, 4) is 0 Å². The lowest BCUT2D eigenvalue weighted by Crippen LogP contribution is -2.12. The Morgan fingerprint density at radius 2 is 2.29 bits per heavy atom. The van der Waals surface area contributed by atoms with E-state index in [1.807, 2.05) is 0 Å². The van der Waals surface area contributed by atoms with Gasteiger partial charge in [0.15, 0.2) is 0 Å². The highest BCUT2D eigenvalue weighted by molar-refractivity contribution is 5.66. The predicted octanol–water partition coefficient (Wildman–Crippen LogP) is 1.69. The van der Waals surface area contributed by atoms with E-state index in [2.05, 4.69) is 0 Å². The third-order valence-electron chi connectivity index (χ3n) is 1.95. The topological polar surface area (TPSA) is 63.3 Å². The molecule has 0 unspecified atom stereocenters. The Hall–Kier alpha value is -1.42. The quantitative estimate of drug-likeness (QED) is 0.772. The van der Waals surface area contributed by atoms with Crippen molar-refractivity contribution in [2.45, 2.75) is 18.9 Å². The van der Waals surface area contributed by atoms with Crippen LogP contribution in [0, 0.1) is 5.82 Å². The molecule has 0 heterocycles. The fourth-order valence-corrected chi connectivity index (χ4v) is 1.18. The number of nitrogens with two attached hydrogens (primary N) is 1. The van der Waals surface area contributed by atoms with Crippen LogP contribution in [0.2, 0.25) is 0 Å². The van der Waals surface area contributed by atoms with E-state index < -0.39 is 12.0 Å². The van der Waals surface area contributed by atoms with E-state index in [1.165, 1.54) is 12.1 Å². The van der Waals surface area contributed by atoms with E-state index in [4.69, 9.17) is 10.8 Å². The average molecular weight is 197 g/mol. The summed E-state index contributed by atoms with van der Waals surface area (Å²) in [4.78, 5) is 10.3. The van der Waals surface area contributed by atoms with Crippen molar-refractivity contribution in [1.29, 1.82) is 0 Å². The molecule has 0 spiro atoms. The Bertz CT molecular complexity index is 328. The summed E-state index contributed by atoms with van der Waals surface area (Å²) in [6.07, 6.45) is 0.316. The van der Waals surface area contributed by atoms with Gasteiger partial charge < -0.3 is 10.8 Å². The minimum absolute atomic E-state index is 0.00230. The molecule has 0 saturated carbocycles. The van der Waals surface area contributed by atoms with Gasteiger partial charge >= 0.3 is 5.97 Å². The first-order valence-corrected chi connectivity index (χ1v) is 4.32. The maximum absolute atomic E-state index is 12.8. The number of carboxylic acid groups (broad SMARTS) is 1. The standard InChI is InChI=1S/C10H12FNO2/c11-8-3-1-2-7(6-8)9(12)4-5-10(13)14/h1-3,6,9H,4-5,12H2,(H,13,14)/t9-/m1/s1. The minimum Gasteiger partial charge on any atom is -0.481 e. The van der Waals surface area contributed by atoms with Crippen LogP contribution in [0.25, 0.3) is 0 Å². The first-order valence-electron chi connectivity index (χ1n) is 4.32. The Balaban J connectivity index is 2.60. The second-order valence-corrected chi connectivity index (χ2v) is 3.09. The second kappa shape index (κ2) is 4.72. The Morgan fingerprint density at radius 1 is 1.57 bits per heavy atom. The van der Waals surface area contributed by atoms with Crippen molar-refractivity contribution in [2.24, 2.45) is 5.73 Å². The first-order chi connectivity index (χ1) is 6.59. The summed E-state index contributed by atoms with van der Waals surface area (Å²) in [5.41, 5.74) is 6.31. The summed E-state index contributed by atoms with van der Waals surface area (Å²) in [6, 6.07) is 5.49. The summed E-state index contributed by atoms with van der Waals surface area (Å²) in [5, 5.41) is 8.43. The van der Waals surface area contributed by atoms with Crippen LogP contribution >= 0.6 is 0 Å². The van der Waals surface area contributed by atoms with Gasteiger partial charge in [-0.1, -0.05) is 12.1 Å². The monoisotopic (exact) mass is 197 g/mol. The molecule has 0 aromatic heterocycles. The largest absolute Gasteiger partial charge is 0.481 e. The van der Waals surface area contributed by atoms with Gasteiger partial charge in [-0.3, -0.25) is 4.79 Å². The molecule has 0 aliphatic heterocycles. The molecule has 0 radical (unpaired) electrons. The molecule has 1 atom stereocenters. The highest BCUT2D eigenvalue weighted by atomic mass is 19.1. The van der Waals surface area contributed by atoms with E-state index in [9.17, 15) is 9.18 Å². The number of carboxylic acids is 1. The average Bonchev–Trinajstić information content (AvgIpc) is 2.14. The number of hydrogen-bond acceptors (Lipinski definition) is 2. The van der Waals surface area contributed by atoms with Crippen LogP contribution < -0.4 is 5.73 Å². The number of rotatable bonds is 4.